The fraction of sp³-hybridized carbons (Fsp3) is 0.250. The molecule has 4 rings (SSSR count). The maximum Gasteiger partial charge on any atom is 0.223 e. The Bertz CT molecular complexity index is 971. The number of rotatable bonds is 2. The monoisotopic (exact) mass is 321 g/mol. The van der Waals surface area contributed by atoms with Crippen molar-refractivity contribution in [2.45, 2.75) is 19.9 Å². The largest absolute Gasteiger partial charge is 0.497 e. The molecular formula is C20H19NO3. The molecule has 0 N–H and O–H groups in total. The molecule has 0 fully saturated rings. The summed E-state index contributed by atoms with van der Waals surface area (Å²) in [5, 5.41) is 0. The Morgan fingerprint density at radius 1 is 1.04 bits per heavy atom. The number of ether oxygens (including phenoxy) is 2. The third-order valence-corrected chi connectivity index (χ3v) is 4.88. The molecule has 2 aliphatic heterocycles. The van der Waals surface area contributed by atoms with E-state index in [1.54, 1.807) is 7.11 Å². The maximum absolute atomic E-state index is 12.4. The quantitative estimate of drug-likeness (QED) is 0.725. The number of benzene rings is 2. The van der Waals surface area contributed by atoms with Gasteiger partial charge in [0, 0.05) is 35.1 Å². The first-order chi connectivity index (χ1) is 11.6. The van der Waals surface area contributed by atoms with E-state index in [4.69, 9.17) is 9.47 Å². The van der Waals surface area contributed by atoms with E-state index in [0.717, 1.165) is 41.1 Å². The summed E-state index contributed by atoms with van der Waals surface area (Å²) >= 11 is 0. The van der Waals surface area contributed by atoms with Crippen molar-refractivity contribution < 1.29 is 9.47 Å². The third-order valence-electron chi connectivity index (χ3n) is 4.88. The highest BCUT2D eigenvalue weighted by Gasteiger charge is 2.20. The molecule has 0 amide bonds. The van der Waals surface area contributed by atoms with Crippen molar-refractivity contribution in [3.8, 4) is 33.9 Å². The van der Waals surface area contributed by atoms with Crippen LogP contribution in [0.15, 0.2) is 41.3 Å². The molecule has 0 unspecified atom stereocenters. The summed E-state index contributed by atoms with van der Waals surface area (Å²) in [6.07, 6.45) is 3.08. The first-order valence-electron chi connectivity index (χ1n) is 8.01. The average molecular weight is 321 g/mol. The number of pyridine rings is 1. The first-order valence-corrected chi connectivity index (χ1v) is 8.01. The highest BCUT2D eigenvalue weighted by atomic mass is 16.5. The van der Waals surface area contributed by atoms with Crippen LogP contribution < -0.4 is 14.9 Å². The first kappa shape index (κ1) is 14.8. The molecule has 122 valence electrons. The molecule has 1 aromatic carbocycles. The van der Waals surface area contributed by atoms with Gasteiger partial charge in [0.05, 0.1) is 14.2 Å². The molecule has 0 atom stereocenters. The lowest BCUT2D eigenvalue weighted by molar-refractivity contribution is 0.410. The van der Waals surface area contributed by atoms with Crippen LogP contribution in [0.4, 0.5) is 0 Å². The second-order valence-corrected chi connectivity index (χ2v) is 6.16. The molecule has 0 aromatic heterocycles. The van der Waals surface area contributed by atoms with E-state index in [0.29, 0.717) is 5.75 Å². The lowest BCUT2D eigenvalue weighted by atomic mass is 9.92. The fourth-order valence-electron chi connectivity index (χ4n) is 3.53. The van der Waals surface area contributed by atoms with Crippen molar-refractivity contribution in [2.75, 3.05) is 14.2 Å². The minimum atomic E-state index is -0.0410. The molecule has 24 heavy (non-hydrogen) atoms. The van der Waals surface area contributed by atoms with Gasteiger partial charge in [0.15, 0.2) is 5.75 Å². The number of aryl methyl sites for hydroxylation is 2. The van der Waals surface area contributed by atoms with Gasteiger partial charge in [0.2, 0.25) is 5.43 Å². The van der Waals surface area contributed by atoms with Gasteiger partial charge in [-0.2, -0.15) is 0 Å². The normalized spacial score (nSPS) is 12.6. The number of aromatic nitrogens is 1. The Hall–Kier alpha value is -2.75. The Morgan fingerprint density at radius 3 is 2.62 bits per heavy atom. The van der Waals surface area contributed by atoms with Gasteiger partial charge < -0.3 is 14.0 Å². The van der Waals surface area contributed by atoms with E-state index in [2.05, 4.69) is 29.0 Å². The standard InChI is InChI=1S/C20H19NO3/c1-12-17-10-18-16-5-4-15(23-2)8-13(16)6-7-21(18)11-14(17)9-19(24-3)20(12)22/h4-5,8-11H,6-7H2,1-3H3. The van der Waals surface area contributed by atoms with Crippen LogP contribution in [0, 0.1) is 6.92 Å². The minimum Gasteiger partial charge on any atom is -0.497 e. The molecule has 1 aromatic rings. The van der Waals surface area contributed by atoms with E-state index in [1.165, 1.54) is 18.2 Å². The van der Waals surface area contributed by atoms with Crippen LogP contribution in [-0.2, 0) is 13.0 Å². The van der Waals surface area contributed by atoms with Crippen molar-refractivity contribution in [2.24, 2.45) is 0 Å². The molecule has 0 radical (unpaired) electrons. The predicted octanol–water partition coefficient (Wildman–Crippen LogP) is 3.50. The third kappa shape index (κ3) is 2.10. The van der Waals surface area contributed by atoms with Crippen molar-refractivity contribution in [1.82, 2.24) is 4.57 Å². The summed E-state index contributed by atoms with van der Waals surface area (Å²) < 4.78 is 12.8. The molecule has 2 heterocycles. The van der Waals surface area contributed by atoms with Gasteiger partial charge in [-0.3, -0.25) is 4.79 Å². The van der Waals surface area contributed by atoms with Gasteiger partial charge in [-0.05, 0) is 54.8 Å². The molecule has 0 bridgehead atoms. The molecule has 1 aliphatic carbocycles. The summed E-state index contributed by atoms with van der Waals surface area (Å²) in [4.78, 5) is 12.4. The zero-order valence-electron chi connectivity index (χ0n) is 14.1. The lowest BCUT2D eigenvalue weighted by Gasteiger charge is -2.25. The molecular weight excluding hydrogens is 302 g/mol. The Morgan fingerprint density at radius 2 is 1.88 bits per heavy atom. The smallest absolute Gasteiger partial charge is 0.223 e. The van der Waals surface area contributed by atoms with E-state index < -0.39 is 0 Å². The van der Waals surface area contributed by atoms with Gasteiger partial charge >= 0.3 is 0 Å². The van der Waals surface area contributed by atoms with Gasteiger partial charge in [-0.15, -0.1) is 0 Å². The van der Waals surface area contributed by atoms with Gasteiger partial charge in [0.1, 0.15) is 5.75 Å². The number of hydrogen-bond acceptors (Lipinski definition) is 3. The maximum atomic E-state index is 12.4. The highest BCUT2D eigenvalue weighted by Crippen LogP contribution is 2.37. The van der Waals surface area contributed by atoms with E-state index in [-0.39, 0.29) is 5.43 Å². The molecule has 4 heteroatoms. The molecule has 0 spiro atoms. The van der Waals surface area contributed by atoms with Crippen LogP contribution in [0.2, 0.25) is 0 Å². The molecule has 0 saturated heterocycles. The summed E-state index contributed by atoms with van der Waals surface area (Å²) in [5.41, 5.74) is 6.32. The fourth-order valence-corrected chi connectivity index (χ4v) is 3.53. The van der Waals surface area contributed by atoms with Crippen LogP contribution in [0.3, 0.4) is 0 Å². The summed E-state index contributed by atoms with van der Waals surface area (Å²) in [6, 6.07) is 10.1. The molecule has 3 aliphatic rings. The van der Waals surface area contributed by atoms with Crippen LogP contribution in [0.25, 0.3) is 22.4 Å². The zero-order valence-corrected chi connectivity index (χ0v) is 14.1. The number of nitrogens with zero attached hydrogens (tertiary/aromatic N) is 1. The SMILES string of the molecule is COc1ccc2c(c1)CCn1cc3cc(OC)c(=O)c(C)c-3cc1-2. The highest BCUT2D eigenvalue weighted by molar-refractivity contribution is 5.78. The summed E-state index contributed by atoms with van der Waals surface area (Å²) in [5.74, 6) is 1.28. The van der Waals surface area contributed by atoms with Crippen LogP contribution in [0.1, 0.15) is 11.1 Å². The second kappa shape index (κ2) is 5.41. The van der Waals surface area contributed by atoms with Gasteiger partial charge in [0.25, 0.3) is 0 Å². The van der Waals surface area contributed by atoms with Gasteiger partial charge in [-0.25, -0.2) is 0 Å². The lowest BCUT2D eigenvalue weighted by Crippen LogP contribution is -2.16. The Kier molecular flexibility index (Phi) is 3.34. The topological polar surface area (TPSA) is 40.5 Å². The van der Waals surface area contributed by atoms with Gasteiger partial charge in [-0.1, -0.05) is 0 Å². The number of methoxy groups -OCH3 is 2. The Labute approximate surface area is 140 Å². The molecule has 0 saturated carbocycles. The zero-order chi connectivity index (χ0) is 16.8. The Balaban J connectivity index is 1.99. The van der Waals surface area contributed by atoms with E-state index in [1.807, 2.05) is 19.1 Å². The van der Waals surface area contributed by atoms with Crippen LogP contribution in [0.5, 0.6) is 11.5 Å². The number of fused-ring (bicyclic) bond motifs is 4. The predicted molar refractivity (Wildman–Crippen MR) is 94.3 cm³/mol. The van der Waals surface area contributed by atoms with Crippen molar-refractivity contribution in [3.05, 3.63) is 57.9 Å². The van der Waals surface area contributed by atoms with Crippen molar-refractivity contribution in [3.63, 3.8) is 0 Å². The van der Waals surface area contributed by atoms with Crippen LogP contribution in [-0.4, -0.2) is 18.8 Å². The summed E-state index contributed by atoms with van der Waals surface area (Å²) in [6.45, 7) is 2.77. The van der Waals surface area contributed by atoms with Crippen molar-refractivity contribution >= 4 is 0 Å². The number of hydrogen-bond donors (Lipinski definition) is 0. The average Bonchev–Trinajstić information content (AvgIpc) is 2.62. The van der Waals surface area contributed by atoms with Crippen LogP contribution >= 0.6 is 0 Å². The van der Waals surface area contributed by atoms with Crippen molar-refractivity contribution in [1.29, 1.82) is 0 Å². The minimum absolute atomic E-state index is 0.0410. The van der Waals surface area contributed by atoms with E-state index >= 15 is 0 Å². The summed E-state index contributed by atoms with van der Waals surface area (Å²) in [7, 11) is 3.23. The van der Waals surface area contributed by atoms with E-state index in [9.17, 15) is 4.79 Å². The molecule has 4 nitrogen and oxygen atoms in total. The second-order valence-electron chi connectivity index (χ2n) is 6.16.